The summed E-state index contributed by atoms with van der Waals surface area (Å²) in [6.07, 6.45) is -0.844. The van der Waals surface area contributed by atoms with Crippen LogP contribution in [0.5, 0.6) is 0 Å². The summed E-state index contributed by atoms with van der Waals surface area (Å²) >= 11 is 0. The van der Waals surface area contributed by atoms with Crippen molar-refractivity contribution < 1.29 is 28.7 Å². The molecular weight excluding hydrogens is 390 g/mol. The number of hydrogen-bond acceptors (Lipinski definition) is 6. The number of carbonyl (C=O) groups excluding carboxylic acids is 4. The molecule has 1 rings (SSSR count). The quantitative estimate of drug-likeness (QED) is 0.463. The number of alkyl carbamates (subject to hydrolysis) is 1. The summed E-state index contributed by atoms with van der Waals surface area (Å²) in [5, 5.41) is 5.05. The van der Waals surface area contributed by atoms with Crippen LogP contribution in [0.1, 0.15) is 39.7 Å². The zero-order chi connectivity index (χ0) is 22.7. The summed E-state index contributed by atoms with van der Waals surface area (Å²) in [5.41, 5.74) is 6.21. The van der Waals surface area contributed by atoms with Gasteiger partial charge in [-0.1, -0.05) is 51.1 Å². The lowest BCUT2D eigenvalue weighted by Gasteiger charge is -2.26. The molecule has 9 heteroatoms. The van der Waals surface area contributed by atoms with E-state index in [4.69, 9.17) is 15.2 Å². The minimum atomic E-state index is -1.09. The Morgan fingerprint density at radius 2 is 1.60 bits per heavy atom. The van der Waals surface area contributed by atoms with Crippen LogP contribution in [0.4, 0.5) is 4.79 Å². The van der Waals surface area contributed by atoms with Crippen LogP contribution >= 0.6 is 0 Å². The molecule has 166 valence electrons. The number of primary amides is 1. The van der Waals surface area contributed by atoms with Crippen molar-refractivity contribution in [2.45, 2.75) is 52.8 Å². The summed E-state index contributed by atoms with van der Waals surface area (Å²) in [6, 6.07) is 7.06. The molecule has 4 N–H and O–H groups in total. The maximum atomic E-state index is 12.7. The molecule has 0 aliphatic carbocycles. The van der Waals surface area contributed by atoms with Crippen molar-refractivity contribution in [3.63, 3.8) is 0 Å². The summed E-state index contributed by atoms with van der Waals surface area (Å²) < 4.78 is 10.0. The van der Waals surface area contributed by atoms with Crippen LogP contribution in [0.2, 0.25) is 0 Å². The second-order valence-corrected chi connectivity index (χ2v) is 7.30. The highest BCUT2D eigenvalue weighted by molar-refractivity contribution is 5.91. The van der Waals surface area contributed by atoms with Gasteiger partial charge in [0.1, 0.15) is 18.7 Å². The third-order valence-electron chi connectivity index (χ3n) is 4.40. The first kappa shape index (κ1) is 24.9. The van der Waals surface area contributed by atoms with Crippen LogP contribution in [-0.4, -0.2) is 42.6 Å². The predicted octanol–water partition coefficient (Wildman–Crippen LogP) is 1.50. The van der Waals surface area contributed by atoms with Crippen LogP contribution in [-0.2, 0) is 30.5 Å². The Balaban J connectivity index is 2.72. The van der Waals surface area contributed by atoms with Gasteiger partial charge in [-0.25, -0.2) is 4.79 Å². The second kappa shape index (κ2) is 12.5. The Labute approximate surface area is 176 Å². The molecule has 0 fully saturated rings. The molecule has 9 nitrogen and oxygen atoms in total. The largest absolute Gasteiger partial charge is 0.466 e. The summed E-state index contributed by atoms with van der Waals surface area (Å²) in [6.45, 7) is 7.03. The van der Waals surface area contributed by atoms with Gasteiger partial charge < -0.3 is 25.8 Å². The van der Waals surface area contributed by atoms with Gasteiger partial charge in [-0.2, -0.15) is 0 Å². The zero-order valence-electron chi connectivity index (χ0n) is 17.8. The number of ether oxygens (including phenoxy) is 2. The minimum absolute atomic E-state index is 0.0552. The van der Waals surface area contributed by atoms with Gasteiger partial charge in [-0.15, -0.1) is 0 Å². The van der Waals surface area contributed by atoms with Gasteiger partial charge in [-0.05, 0) is 24.3 Å². The molecule has 0 spiro atoms. The number of esters is 1. The van der Waals surface area contributed by atoms with Crippen LogP contribution < -0.4 is 16.4 Å². The average Bonchev–Trinajstić information content (AvgIpc) is 2.68. The van der Waals surface area contributed by atoms with Crippen molar-refractivity contribution in [3.8, 4) is 0 Å². The van der Waals surface area contributed by atoms with E-state index >= 15 is 0 Å². The van der Waals surface area contributed by atoms with Gasteiger partial charge in [0.25, 0.3) is 0 Å². The van der Waals surface area contributed by atoms with Gasteiger partial charge in [0.15, 0.2) is 0 Å². The number of nitrogens with one attached hydrogen (secondary N) is 2. The van der Waals surface area contributed by atoms with E-state index in [0.717, 1.165) is 5.56 Å². The van der Waals surface area contributed by atoms with Crippen molar-refractivity contribution in [3.05, 3.63) is 35.9 Å². The first-order valence-corrected chi connectivity index (χ1v) is 9.88. The van der Waals surface area contributed by atoms with E-state index in [1.807, 2.05) is 30.3 Å². The zero-order valence-corrected chi connectivity index (χ0v) is 17.8. The first-order valence-electron chi connectivity index (χ1n) is 9.88. The normalized spacial score (nSPS) is 13.6. The Bertz CT molecular complexity index is 723. The molecule has 0 saturated heterocycles. The van der Waals surface area contributed by atoms with Crippen LogP contribution in [0.25, 0.3) is 0 Å². The van der Waals surface area contributed by atoms with Crippen molar-refractivity contribution in [2.75, 3.05) is 6.61 Å². The van der Waals surface area contributed by atoms with E-state index in [9.17, 15) is 19.2 Å². The van der Waals surface area contributed by atoms with Gasteiger partial charge in [0.05, 0.1) is 13.0 Å². The van der Waals surface area contributed by atoms with Crippen LogP contribution in [0.3, 0.4) is 0 Å². The van der Waals surface area contributed by atoms with Crippen molar-refractivity contribution in [1.29, 1.82) is 0 Å². The Morgan fingerprint density at radius 3 is 2.13 bits per heavy atom. The highest BCUT2D eigenvalue weighted by Gasteiger charge is 2.32. The molecule has 0 bridgehead atoms. The van der Waals surface area contributed by atoms with Gasteiger partial charge >= 0.3 is 12.1 Å². The SMILES string of the molecule is CCOC(=O)C[C@@H](C)[C@@H](NC(=O)[C@H](NC(=O)OCc1ccccc1)C(C)C)C(N)=O. The van der Waals surface area contributed by atoms with E-state index in [1.54, 1.807) is 27.7 Å². The third-order valence-corrected chi connectivity index (χ3v) is 4.40. The summed E-state index contributed by atoms with van der Waals surface area (Å²) in [4.78, 5) is 48.4. The summed E-state index contributed by atoms with van der Waals surface area (Å²) in [5.74, 6) is -2.74. The lowest BCUT2D eigenvalue weighted by Crippen LogP contribution is -2.56. The molecule has 0 saturated carbocycles. The molecule has 0 radical (unpaired) electrons. The summed E-state index contributed by atoms with van der Waals surface area (Å²) in [7, 11) is 0. The van der Waals surface area contributed by atoms with E-state index < -0.39 is 41.9 Å². The van der Waals surface area contributed by atoms with Crippen molar-refractivity contribution in [2.24, 2.45) is 17.6 Å². The molecular formula is C21H31N3O6. The highest BCUT2D eigenvalue weighted by atomic mass is 16.5. The number of amides is 3. The number of hydrogen-bond donors (Lipinski definition) is 3. The fourth-order valence-electron chi connectivity index (χ4n) is 2.76. The second-order valence-electron chi connectivity index (χ2n) is 7.30. The molecule has 0 unspecified atom stereocenters. The topological polar surface area (TPSA) is 137 Å². The highest BCUT2D eigenvalue weighted by Crippen LogP contribution is 2.12. The molecule has 0 heterocycles. The molecule has 0 aliphatic heterocycles. The average molecular weight is 421 g/mol. The number of rotatable bonds is 11. The number of benzene rings is 1. The smallest absolute Gasteiger partial charge is 0.408 e. The monoisotopic (exact) mass is 421 g/mol. The van der Waals surface area contributed by atoms with Crippen LogP contribution in [0.15, 0.2) is 30.3 Å². The lowest BCUT2D eigenvalue weighted by atomic mass is 9.96. The molecule has 3 atom stereocenters. The Kier molecular flexibility index (Phi) is 10.4. The molecule has 30 heavy (non-hydrogen) atoms. The third kappa shape index (κ3) is 8.50. The molecule has 1 aromatic rings. The fraction of sp³-hybridized carbons (Fsp3) is 0.524. The van der Waals surface area contributed by atoms with E-state index in [2.05, 4.69) is 10.6 Å². The standard InChI is InChI=1S/C21H31N3O6/c1-5-29-16(25)11-14(4)18(19(22)26)23-20(27)17(13(2)3)24-21(28)30-12-15-9-7-6-8-10-15/h6-10,13-14,17-18H,5,11-12H2,1-4H3,(H2,22,26)(H,23,27)(H,24,28)/t14-,17-,18-/m1/s1. The maximum Gasteiger partial charge on any atom is 0.408 e. The molecule has 0 aromatic heterocycles. The fourth-order valence-corrected chi connectivity index (χ4v) is 2.76. The maximum absolute atomic E-state index is 12.7. The van der Waals surface area contributed by atoms with Gasteiger partial charge in [0.2, 0.25) is 11.8 Å². The van der Waals surface area contributed by atoms with Gasteiger partial charge in [0, 0.05) is 0 Å². The van der Waals surface area contributed by atoms with Crippen LogP contribution in [0, 0.1) is 11.8 Å². The van der Waals surface area contributed by atoms with Gasteiger partial charge in [-0.3, -0.25) is 14.4 Å². The first-order chi connectivity index (χ1) is 14.1. The van der Waals surface area contributed by atoms with E-state index in [0.29, 0.717) is 0 Å². The Morgan fingerprint density at radius 1 is 0.967 bits per heavy atom. The lowest BCUT2D eigenvalue weighted by molar-refractivity contribution is -0.145. The molecule has 0 aliphatic rings. The molecule has 3 amide bonds. The van der Waals surface area contributed by atoms with Crippen molar-refractivity contribution in [1.82, 2.24) is 10.6 Å². The molecule has 1 aromatic carbocycles. The predicted molar refractivity (Wildman–Crippen MR) is 110 cm³/mol. The number of carbonyl (C=O) groups is 4. The van der Waals surface area contributed by atoms with E-state index in [-0.39, 0.29) is 25.6 Å². The van der Waals surface area contributed by atoms with Crippen molar-refractivity contribution >= 4 is 23.9 Å². The Hall–Kier alpha value is -3.10. The minimum Gasteiger partial charge on any atom is -0.466 e. The van der Waals surface area contributed by atoms with E-state index in [1.165, 1.54) is 0 Å². The number of nitrogens with two attached hydrogens (primary N) is 1.